The second-order valence-corrected chi connectivity index (χ2v) is 7.36. The molecule has 0 unspecified atom stereocenters. The lowest BCUT2D eigenvalue weighted by molar-refractivity contribution is -0.132. The van der Waals surface area contributed by atoms with Crippen molar-refractivity contribution >= 4 is 23.2 Å². The molecule has 1 heterocycles. The predicted molar refractivity (Wildman–Crippen MR) is 104 cm³/mol. The molecule has 1 N–H and O–H groups in total. The van der Waals surface area contributed by atoms with Gasteiger partial charge in [0.1, 0.15) is 11.5 Å². The van der Waals surface area contributed by atoms with E-state index in [1.165, 1.54) is 11.3 Å². The minimum atomic E-state index is -0.134. The third-order valence-corrected chi connectivity index (χ3v) is 5.37. The van der Waals surface area contributed by atoms with Crippen molar-refractivity contribution in [1.29, 1.82) is 0 Å². The number of thiophene rings is 1. The fourth-order valence-electron chi connectivity index (χ4n) is 2.92. The Hall–Kier alpha value is -2.54. The summed E-state index contributed by atoms with van der Waals surface area (Å²) in [6.07, 6.45) is 2.30. The monoisotopic (exact) mass is 388 g/mol. The van der Waals surface area contributed by atoms with Gasteiger partial charge in [-0.1, -0.05) is 6.07 Å². The first-order chi connectivity index (χ1) is 13.1. The molecular formula is C20H24N2O4S. The zero-order valence-electron chi connectivity index (χ0n) is 15.6. The standard InChI is InChI=1S/C20H24N2O4S/c1-25-16-7-8-17(26-2)14(12-16)13-22(15-5-6-15)19(23)9-10-21-20(24)18-4-3-11-27-18/h3-4,7-8,11-12,15H,5-6,9-10,13H2,1-2H3,(H,21,24). The van der Waals surface area contributed by atoms with Crippen LogP contribution in [0.15, 0.2) is 35.7 Å². The first kappa shape index (κ1) is 19.2. The lowest BCUT2D eigenvalue weighted by atomic mass is 10.1. The van der Waals surface area contributed by atoms with E-state index in [9.17, 15) is 9.59 Å². The Morgan fingerprint density at radius 1 is 1.22 bits per heavy atom. The summed E-state index contributed by atoms with van der Waals surface area (Å²) >= 11 is 1.39. The Bertz CT molecular complexity index is 787. The molecule has 0 atom stereocenters. The second kappa shape index (κ2) is 8.90. The van der Waals surface area contributed by atoms with Crippen LogP contribution in [0.4, 0.5) is 0 Å². The minimum absolute atomic E-state index is 0.0360. The van der Waals surface area contributed by atoms with Crippen LogP contribution in [-0.2, 0) is 11.3 Å². The SMILES string of the molecule is COc1ccc(OC)c(CN(C(=O)CCNC(=O)c2cccs2)C2CC2)c1. The van der Waals surface area contributed by atoms with E-state index >= 15 is 0 Å². The summed E-state index contributed by atoms with van der Waals surface area (Å²) in [6.45, 7) is 0.802. The molecule has 7 heteroatoms. The van der Waals surface area contributed by atoms with Gasteiger partial charge >= 0.3 is 0 Å². The highest BCUT2D eigenvalue weighted by Crippen LogP contribution is 2.32. The molecule has 27 heavy (non-hydrogen) atoms. The highest BCUT2D eigenvalue weighted by Gasteiger charge is 2.32. The Morgan fingerprint density at radius 2 is 2.04 bits per heavy atom. The van der Waals surface area contributed by atoms with Crippen LogP contribution in [0.1, 0.15) is 34.5 Å². The lowest BCUT2D eigenvalue weighted by Crippen LogP contribution is -2.35. The molecular weight excluding hydrogens is 364 g/mol. The Balaban J connectivity index is 1.60. The summed E-state index contributed by atoms with van der Waals surface area (Å²) in [5.41, 5.74) is 0.916. The van der Waals surface area contributed by atoms with Gasteiger partial charge in [0, 0.05) is 31.1 Å². The van der Waals surface area contributed by atoms with Crippen LogP contribution in [-0.4, -0.2) is 43.5 Å². The first-order valence-electron chi connectivity index (χ1n) is 8.94. The van der Waals surface area contributed by atoms with Gasteiger partial charge in [-0.25, -0.2) is 0 Å². The normalized spacial score (nSPS) is 13.1. The molecule has 2 amide bonds. The third-order valence-electron chi connectivity index (χ3n) is 4.51. The van der Waals surface area contributed by atoms with Crippen molar-refractivity contribution in [3.63, 3.8) is 0 Å². The molecule has 1 aromatic heterocycles. The van der Waals surface area contributed by atoms with Crippen molar-refractivity contribution < 1.29 is 19.1 Å². The summed E-state index contributed by atoms with van der Waals surface area (Å²) in [6, 6.07) is 9.46. The number of ether oxygens (including phenoxy) is 2. The van der Waals surface area contributed by atoms with Gasteiger partial charge in [-0.3, -0.25) is 9.59 Å². The smallest absolute Gasteiger partial charge is 0.261 e. The van der Waals surface area contributed by atoms with Gasteiger partial charge in [0.25, 0.3) is 5.91 Å². The van der Waals surface area contributed by atoms with E-state index in [0.29, 0.717) is 18.0 Å². The molecule has 0 radical (unpaired) electrons. The average Bonchev–Trinajstić information content (AvgIpc) is 3.37. The molecule has 1 saturated carbocycles. The van der Waals surface area contributed by atoms with Crippen molar-refractivity contribution in [1.82, 2.24) is 10.2 Å². The lowest BCUT2D eigenvalue weighted by Gasteiger charge is -2.24. The van der Waals surface area contributed by atoms with Gasteiger partial charge in [0.05, 0.1) is 19.1 Å². The molecule has 0 bridgehead atoms. The summed E-state index contributed by atoms with van der Waals surface area (Å²) in [5, 5.41) is 4.67. The van der Waals surface area contributed by atoms with Gasteiger partial charge in [-0.15, -0.1) is 11.3 Å². The van der Waals surface area contributed by atoms with Crippen LogP contribution in [0.2, 0.25) is 0 Å². The number of carbonyl (C=O) groups is 2. The summed E-state index contributed by atoms with van der Waals surface area (Å²) < 4.78 is 10.7. The molecule has 0 spiro atoms. The van der Waals surface area contributed by atoms with Crippen LogP contribution < -0.4 is 14.8 Å². The fraction of sp³-hybridized carbons (Fsp3) is 0.400. The summed E-state index contributed by atoms with van der Waals surface area (Å²) in [7, 11) is 3.24. The predicted octanol–water partition coefficient (Wildman–Crippen LogP) is 3.08. The number of hydrogen-bond acceptors (Lipinski definition) is 5. The number of hydrogen-bond donors (Lipinski definition) is 1. The van der Waals surface area contributed by atoms with E-state index in [0.717, 1.165) is 29.9 Å². The molecule has 1 aromatic carbocycles. The maximum absolute atomic E-state index is 12.8. The molecule has 2 aromatic rings. The highest BCUT2D eigenvalue weighted by atomic mass is 32.1. The van der Waals surface area contributed by atoms with Crippen LogP contribution >= 0.6 is 11.3 Å². The molecule has 0 saturated heterocycles. The molecule has 3 rings (SSSR count). The molecule has 1 aliphatic rings. The van der Waals surface area contributed by atoms with Crippen molar-refractivity contribution in [3.8, 4) is 11.5 Å². The van der Waals surface area contributed by atoms with Crippen molar-refractivity contribution in [2.24, 2.45) is 0 Å². The maximum Gasteiger partial charge on any atom is 0.261 e. The van der Waals surface area contributed by atoms with E-state index in [2.05, 4.69) is 5.32 Å². The number of nitrogens with one attached hydrogen (secondary N) is 1. The van der Waals surface area contributed by atoms with Crippen LogP contribution in [0.5, 0.6) is 11.5 Å². The van der Waals surface area contributed by atoms with Crippen LogP contribution in [0, 0.1) is 0 Å². The number of nitrogens with zero attached hydrogens (tertiary/aromatic N) is 1. The maximum atomic E-state index is 12.8. The van der Waals surface area contributed by atoms with Gasteiger partial charge in [-0.05, 0) is 42.5 Å². The number of methoxy groups -OCH3 is 2. The van der Waals surface area contributed by atoms with Crippen LogP contribution in [0.25, 0.3) is 0 Å². The molecule has 0 aliphatic heterocycles. The van der Waals surface area contributed by atoms with Crippen molar-refractivity contribution in [3.05, 3.63) is 46.2 Å². The highest BCUT2D eigenvalue weighted by molar-refractivity contribution is 7.12. The largest absolute Gasteiger partial charge is 0.497 e. The van der Waals surface area contributed by atoms with Gasteiger partial charge in [-0.2, -0.15) is 0 Å². The van der Waals surface area contributed by atoms with Gasteiger partial charge in [0.15, 0.2) is 0 Å². The molecule has 6 nitrogen and oxygen atoms in total. The van der Waals surface area contributed by atoms with E-state index in [4.69, 9.17) is 9.47 Å². The Morgan fingerprint density at radius 3 is 2.67 bits per heavy atom. The quantitative estimate of drug-likeness (QED) is 0.717. The van der Waals surface area contributed by atoms with Crippen molar-refractivity contribution in [2.45, 2.75) is 31.8 Å². The van der Waals surface area contributed by atoms with E-state index in [1.807, 2.05) is 34.5 Å². The number of carbonyl (C=O) groups excluding carboxylic acids is 2. The van der Waals surface area contributed by atoms with Crippen LogP contribution in [0.3, 0.4) is 0 Å². The third kappa shape index (κ3) is 5.01. The minimum Gasteiger partial charge on any atom is -0.497 e. The summed E-state index contributed by atoms with van der Waals surface area (Å²) in [4.78, 5) is 27.3. The zero-order valence-corrected chi connectivity index (χ0v) is 16.4. The average molecular weight is 388 g/mol. The molecule has 1 aliphatic carbocycles. The number of rotatable bonds is 9. The van der Waals surface area contributed by atoms with E-state index < -0.39 is 0 Å². The molecule has 144 valence electrons. The van der Waals surface area contributed by atoms with E-state index in [-0.39, 0.29) is 24.3 Å². The topological polar surface area (TPSA) is 67.9 Å². The Kier molecular flexibility index (Phi) is 6.34. The van der Waals surface area contributed by atoms with Crippen molar-refractivity contribution in [2.75, 3.05) is 20.8 Å². The summed E-state index contributed by atoms with van der Waals surface area (Å²) in [5.74, 6) is 1.37. The fourth-order valence-corrected chi connectivity index (χ4v) is 3.56. The first-order valence-corrected chi connectivity index (χ1v) is 9.82. The second-order valence-electron chi connectivity index (χ2n) is 6.41. The van der Waals surface area contributed by atoms with Gasteiger partial charge in [0.2, 0.25) is 5.91 Å². The number of amides is 2. The molecule has 1 fully saturated rings. The Labute approximate surface area is 163 Å². The van der Waals surface area contributed by atoms with Gasteiger partial charge < -0.3 is 19.7 Å². The van der Waals surface area contributed by atoms with E-state index in [1.54, 1.807) is 20.3 Å². The number of benzene rings is 1. The zero-order chi connectivity index (χ0) is 19.2.